The SMILES string of the molecule is CSNCC=O. The molecular weight excluding hydrogens is 98.1 g/mol. The lowest BCUT2D eigenvalue weighted by molar-refractivity contribution is -0.106. The number of nitrogens with one attached hydrogen (secondary N) is 1. The second-order valence-corrected chi connectivity index (χ2v) is 1.42. The van der Waals surface area contributed by atoms with E-state index in [2.05, 4.69) is 4.72 Å². The number of aldehydes is 1. The molecule has 0 saturated carbocycles. The molecule has 2 nitrogen and oxygen atoms in total. The highest BCUT2D eigenvalue weighted by Crippen LogP contribution is 1.74. The molecule has 6 heavy (non-hydrogen) atoms. The van der Waals surface area contributed by atoms with Crippen LogP contribution in [0, 0.1) is 0 Å². The van der Waals surface area contributed by atoms with Crippen molar-refractivity contribution in [3.05, 3.63) is 0 Å². The highest BCUT2D eigenvalue weighted by atomic mass is 32.2. The topological polar surface area (TPSA) is 29.1 Å². The molecule has 0 bridgehead atoms. The van der Waals surface area contributed by atoms with Crippen LogP contribution in [0.3, 0.4) is 0 Å². The van der Waals surface area contributed by atoms with Crippen molar-refractivity contribution in [2.75, 3.05) is 12.8 Å². The van der Waals surface area contributed by atoms with Gasteiger partial charge in [0, 0.05) is 0 Å². The Morgan fingerprint density at radius 1 is 2.00 bits per heavy atom. The molecule has 0 amide bonds. The van der Waals surface area contributed by atoms with Gasteiger partial charge in [-0.3, -0.25) is 4.72 Å². The van der Waals surface area contributed by atoms with Crippen molar-refractivity contribution in [3.63, 3.8) is 0 Å². The van der Waals surface area contributed by atoms with Crippen LogP contribution in [0.4, 0.5) is 0 Å². The number of carbonyl (C=O) groups excluding carboxylic acids is 1. The number of carbonyl (C=O) groups is 1. The van der Waals surface area contributed by atoms with Crippen LogP contribution in [-0.4, -0.2) is 19.1 Å². The molecule has 0 aromatic heterocycles. The maximum atomic E-state index is 9.49. The molecule has 0 aliphatic carbocycles. The molecule has 1 N–H and O–H groups in total. The molecule has 0 saturated heterocycles. The third-order valence-corrected chi connectivity index (χ3v) is 0.766. The Hall–Kier alpha value is -0.0200. The molecule has 0 aliphatic rings. The summed E-state index contributed by atoms with van der Waals surface area (Å²) in [4.78, 5) is 9.49. The van der Waals surface area contributed by atoms with Crippen molar-refractivity contribution in [2.24, 2.45) is 0 Å². The van der Waals surface area contributed by atoms with Gasteiger partial charge >= 0.3 is 0 Å². The van der Waals surface area contributed by atoms with Crippen molar-refractivity contribution in [1.82, 2.24) is 4.72 Å². The van der Waals surface area contributed by atoms with Gasteiger partial charge in [0.25, 0.3) is 0 Å². The fraction of sp³-hybridized carbons (Fsp3) is 0.667. The molecule has 0 radical (unpaired) electrons. The van der Waals surface area contributed by atoms with E-state index < -0.39 is 0 Å². The van der Waals surface area contributed by atoms with Gasteiger partial charge in [0.05, 0.1) is 6.54 Å². The summed E-state index contributed by atoms with van der Waals surface area (Å²) in [5, 5.41) is 0. The second-order valence-electron chi connectivity index (χ2n) is 0.719. The maximum Gasteiger partial charge on any atom is 0.134 e. The van der Waals surface area contributed by atoms with Gasteiger partial charge in [-0.2, -0.15) is 0 Å². The van der Waals surface area contributed by atoms with Gasteiger partial charge in [0.2, 0.25) is 0 Å². The first kappa shape index (κ1) is 5.98. The zero-order chi connectivity index (χ0) is 4.83. The van der Waals surface area contributed by atoms with Crippen LogP contribution >= 0.6 is 11.9 Å². The lowest BCUT2D eigenvalue weighted by Gasteiger charge is -1.84. The molecule has 0 spiro atoms. The summed E-state index contributed by atoms with van der Waals surface area (Å²) in [6.45, 7) is 0.446. The van der Waals surface area contributed by atoms with Crippen molar-refractivity contribution in [3.8, 4) is 0 Å². The summed E-state index contributed by atoms with van der Waals surface area (Å²) in [7, 11) is 0. The zero-order valence-electron chi connectivity index (χ0n) is 3.60. The molecule has 0 atom stereocenters. The Labute approximate surface area is 41.4 Å². The molecule has 0 rings (SSSR count). The van der Waals surface area contributed by atoms with Crippen LogP contribution in [0.2, 0.25) is 0 Å². The highest BCUT2D eigenvalue weighted by molar-refractivity contribution is 7.96. The van der Waals surface area contributed by atoms with E-state index in [1.54, 1.807) is 0 Å². The minimum absolute atomic E-state index is 0.446. The van der Waals surface area contributed by atoms with Gasteiger partial charge in [0.1, 0.15) is 6.29 Å². The monoisotopic (exact) mass is 105 g/mol. The molecule has 0 heterocycles. The van der Waals surface area contributed by atoms with Crippen molar-refractivity contribution in [2.45, 2.75) is 0 Å². The minimum Gasteiger partial charge on any atom is -0.302 e. The second kappa shape index (κ2) is 4.98. The fourth-order valence-electron chi connectivity index (χ4n) is 0.117. The van der Waals surface area contributed by atoms with Gasteiger partial charge < -0.3 is 4.79 Å². The van der Waals surface area contributed by atoms with Crippen LogP contribution in [0.5, 0.6) is 0 Å². The fourth-order valence-corrected chi connectivity index (χ4v) is 0.352. The molecule has 0 fully saturated rings. The summed E-state index contributed by atoms with van der Waals surface area (Å²) in [5.74, 6) is 0. The first-order chi connectivity index (χ1) is 2.91. The third kappa shape index (κ3) is 3.98. The van der Waals surface area contributed by atoms with E-state index in [-0.39, 0.29) is 0 Å². The Kier molecular flexibility index (Phi) is 4.96. The van der Waals surface area contributed by atoms with Gasteiger partial charge in [-0.05, 0) is 6.26 Å². The lowest BCUT2D eigenvalue weighted by atomic mass is 10.8. The van der Waals surface area contributed by atoms with E-state index in [0.717, 1.165) is 6.29 Å². The highest BCUT2D eigenvalue weighted by Gasteiger charge is 1.71. The minimum atomic E-state index is 0.446. The number of hydrogen-bond acceptors (Lipinski definition) is 3. The summed E-state index contributed by atoms with van der Waals surface area (Å²) < 4.78 is 2.75. The van der Waals surface area contributed by atoms with Crippen molar-refractivity contribution < 1.29 is 4.79 Å². The average molecular weight is 105 g/mol. The molecule has 0 unspecified atom stereocenters. The molecule has 36 valence electrons. The molecule has 0 aliphatic heterocycles. The average Bonchev–Trinajstić information content (AvgIpc) is 1.61. The van der Waals surface area contributed by atoms with Gasteiger partial charge in [-0.15, -0.1) is 0 Å². The predicted molar refractivity (Wildman–Crippen MR) is 27.6 cm³/mol. The van der Waals surface area contributed by atoms with E-state index in [9.17, 15) is 4.79 Å². The molecule has 0 aromatic rings. The summed E-state index contributed by atoms with van der Waals surface area (Å²) in [6.07, 6.45) is 2.71. The van der Waals surface area contributed by atoms with Crippen LogP contribution < -0.4 is 4.72 Å². The van der Waals surface area contributed by atoms with E-state index in [0.29, 0.717) is 6.54 Å². The molecular formula is C3H7NOS. The van der Waals surface area contributed by atoms with Crippen LogP contribution in [-0.2, 0) is 4.79 Å². The molecule has 3 heteroatoms. The number of rotatable bonds is 3. The summed E-state index contributed by atoms with van der Waals surface area (Å²) in [5.41, 5.74) is 0. The van der Waals surface area contributed by atoms with E-state index in [1.807, 2.05) is 6.26 Å². The van der Waals surface area contributed by atoms with E-state index in [4.69, 9.17) is 0 Å². The standard InChI is InChI=1S/C3H7NOS/c1-6-4-2-3-5/h3-4H,2H2,1H3. The number of hydrogen-bond donors (Lipinski definition) is 1. The Bertz CT molecular complexity index is 39.8. The lowest BCUT2D eigenvalue weighted by Crippen LogP contribution is -2.04. The van der Waals surface area contributed by atoms with Gasteiger partial charge in [-0.25, -0.2) is 0 Å². The van der Waals surface area contributed by atoms with Crippen LogP contribution in [0.25, 0.3) is 0 Å². The van der Waals surface area contributed by atoms with Gasteiger partial charge in [0.15, 0.2) is 0 Å². The van der Waals surface area contributed by atoms with E-state index in [1.165, 1.54) is 11.9 Å². The first-order valence-corrected chi connectivity index (χ1v) is 2.83. The first-order valence-electron chi connectivity index (χ1n) is 1.61. The van der Waals surface area contributed by atoms with Crippen molar-refractivity contribution in [1.29, 1.82) is 0 Å². The van der Waals surface area contributed by atoms with E-state index >= 15 is 0 Å². The Balaban J connectivity index is 2.49. The normalized spacial score (nSPS) is 8.17. The summed E-state index contributed by atoms with van der Waals surface area (Å²) >= 11 is 1.44. The van der Waals surface area contributed by atoms with Crippen LogP contribution in [0.15, 0.2) is 0 Å². The van der Waals surface area contributed by atoms with Crippen LogP contribution in [0.1, 0.15) is 0 Å². The maximum absolute atomic E-state index is 9.49. The Morgan fingerprint density at radius 3 is 2.83 bits per heavy atom. The van der Waals surface area contributed by atoms with Crippen molar-refractivity contribution >= 4 is 18.2 Å². The Morgan fingerprint density at radius 2 is 2.67 bits per heavy atom. The zero-order valence-corrected chi connectivity index (χ0v) is 4.42. The predicted octanol–water partition coefficient (Wildman–Crippen LogP) is 0.0529. The third-order valence-electron chi connectivity index (χ3n) is 0.311. The quantitative estimate of drug-likeness (QED) is 0.312. The smallest absolute Gasteiger partial charge is 0.134 e. The molecule has 0 aromatic carbocycles. The summed E-state index contributed by atoms with van der Waals surface area (Å²) in [6, 6.07) is 0. The largest absolute Gasteiger partial charge is 0.302 e. The van der Waals surface area contributed by atoms with Gasteiger partial charge in [-0.1, -0.05) is 11.9 Å².